The van der Waals surface area contributed by atoms with Gasteiger partial charge in [-0.2, -0.15) is 5.10 Å². The Labute approximate surface area is 115 Å². The smallest absolute Gasteiger partial charge is 0.266 e. The summed E-state index contributed by atoms with van der Waals surface area (Å²) in [5.74, 6) is 0. The average Bonchev–Trinajstić information content (AvgIpc) is 2.37. The van der Waals surface area contributed by atoms with E-state index in [1.165, 1.54) is 0 Å². The molecule has 0 saturated carbocycles. The molecule has 98 valence electrons. The molecule has 1 heterocycles. The molecule has 0 atom stereocenters. The van der Waals surface area contributed by atoms with Gasteiger partial charge in [0.2, 0.25) is 0 Å². The van der Waals surface area contributed by atoms with Crippen LogP contribution in [0, 0.1) is 10.8 Å². The van der Waals surface area contributed by atoms with Crippen LogP contribution in [0.15, 0.2) is 17.4 Å². The van der Waals surface area contributed by atoms with Crippen molar-refractivity contribution in [3.63, 3.8) is 0 Å². The molecule has 0 aromatic carbocycles. The van der Waals surface area contributed by atoms with Crippen LogP contribution in [0.25, 0.3) is 0 Å². The van der Waals surface area contributed by atoms with Gasteiger partial charge in [-0.05, 0) is 0 Å². The van der Waals surface area contributed by atoms with Gasteiger partial charge in [0.1, 0.15) is 0 Å². The van der Waals surface area contributed by atoms with Crippen molar-refractivity contribution in [1.29, 1.82) is 0 Å². The fourth-order valence-corrected chi connectivity index (χ4v) is 5.25. The minimum Gasteiger partial charge on any atom is -0.266 e. The number of nitrogens with zero attached hydrogens (tertiary/aromatic N) is 2. The summed E-state index contributed by atoms with van der Waals surface area (Å²) in [7, 11) is 0. The Balaban J connectivity index is 3.08. The van der Waals surface area contributed by atoms with Crippen LogP contribution in [0.3, 0.4) is 0 Å². The SMILES string of the molecule is C=C(N1N=C(C(C)(C)C)C[Si]1(Cl)Cl)C(C)(C)C. The highest BCUT2D eigenvalue weighted by Gasteiger charge is 2.48. The average molecular weight is 293 g/mol. The van der Waals surface area contributed by atoms with Crippen LogP contribution in [0.1, 0.15) is 41.5 Å². The number of allylic oxidation sites excluding steroid dienone is 1. The number of hydrazone groups is 1. The predicted molar refractivity (Wildman–Crippen MR) is 79.6 cm³/mol. The summed E-state index contributed by atoms with van der Waals surface area (Å²) in [5, 5.41) is 4.63. The molecule has 0 saturated heterocycles. The van der Waals surface area contributed by atoms with E-state index in [2.05, 4.69) is 53.2 Å². The molecular weight excluding hydrogens is 271 g/mol. The lowest BCUT2D eigenvalue weighted by atomic mass is 9.91. The van der Waals surface area contributed by atoms with Crippen LogP contribution in [0.5, 0.6) is 0 Å². The van der Waals surface area contributed by atoms with E-state index in [-0.39, 0.29) is 10.8 Å². The van der Waals surface area contributed by atoms with Crippen LogP contribution in [-0.4, -0.2) is 17.2 Å². The maximum absolute atomic E-state index is 6.49. The third kappa shape index (κ3) is 3.27. The largest absolute Gasteiger partial charge is 0.378 e. The molecular formula is C12H22Cl2N2Si. The van der Waals surface area contributed by atoms with Crippen LogP contribution in [0.4, 0.5) is 0 Å². The van der Waals surface area contributed by atoms with Crippen LogP contribution >= 0.6 is 22.2 Å². The summed E-state index contributed by atoms with van der Waals surface area (Å²) in [6.45, 7) is 14.2. The number of hydrogen-bond donors (Lipinski definition) is 0. The van der Waals surface area contributed by atoms with Crippen LogP contribution < -0.4 is 0 Å². The fourth-order valence-electron chi connectivity index (χ4n) is 1.50. The zero-order valence-electron chi connectivity index (χ0n) is 11.6. The Kier molecular flexibility index (Phi) is 3.80. The Bertz CT molecular complexity index is 362. The van der Waals surface area contributed by atoms with Gasteiger partial charge in [0.15, 0.2) is 0 Å². The first-order valence-electron chi connectivity index (χ1n) is 5.81. The topological polar surface area (TPSA) is 15.6 Å². The number of halogens is 2. The standard InChI is InChI=1S/C12H22Cl2N2Si/c1-9(11(2,3)4)16-15-10(12(5,6)7)8-17(16,13)14/h1,8H2,2-7H3. The van der Waals surface area contributed by atoms with Gasteiger partial charge in [0.05, 0.1) is 0 Å². The van der Waals surface area contributed by atoms with E-state index in [1.807, 2.05) is 0 Å². The second-order valence-electron chi connectivity index (χ2n) is 6.65. The molecule has 5 heteroatoms. The molecule has 0 amide bonds. The number of hydrogen-bond acceptors (Lipinski definition) is 2. The summed E-state index contributed by atoms with van der Waals surface area (Å²) >= 11 is 13.0. The first-order chi connectivity index (χ1) is 7.36. The van der Waals surface area contributed by atoms with Gasteiger partial charge in [-0.25, -0.2) is 0 Å². The van der Waals surface area contributed by atoms with E-state index in [1.54, 1.807) is 4.67 Å². The molecule has 0 aliphatic carbocycles. The second-order valence-corrected chi connectivity index (χ2v) is 13.1. The maximum atomic E-state index is 6.49. The van der Waals surface area contributed by atoms with Gasteiger partial charge in [-0.15, -0.1) is 22.2 Å². The highest BCUT2D eigenvalue weighted by Crippen LogP contribution is 2.42. The first kappa shape index (κ1) is 15.1. The van der Waals surface area contributed by atoms with Gasteiger partial charge >= 0.3 is 6.86 Å². The normalized spacial score (nSPS) is 20.5. The molecule has 0 bridgehead atoms. The minimum absolute atomic E-state index is 0.00887. The Hall–Kier alpha value is 0.00688. The molecule has 1 rings (SSSR count). The van der Waals surface area contributed by atoms with Crippen molar-refractivity contribution >= 4 is 34.7 Å². The summed E-state index contributed by atoms with van der Waals surface area (Å²) in [5.41, 5.74) is 1.90. The van der Waals surface area contributed by atoms with Crippen LogP contribution in [0.2, 0.25) is 6.04 Å². The molecule has 17 heavy (non-hydrogen) atoms. The van der Waals surface area contributed by atoms with Gasteiger partial charge in [0.25, 0.3) is 0 Å². The van der Waals surface area contributed by atoms with Crippen molar-refractivity contribution in [3.05, 3.63) is 12.3 Å². The quantitative estimate of drug-likeness (QED) is 0.506. The maximum Gasteiger partial charge on any atom is 0.378 e. The summed E-state index contributed by atoms with van der Waals surface area (Å²) in [6.07, 6.45) is 0. The van der Waals surface area contributed by atoms with Gasteiger partial charge in [-0.3, -0.25) is 4.67 Å². The first-order valence-corrected chi connectivity index (χ1v) is 9.99. The molecule has 1 aliphatic rings. The molecule has 2 nitrogen and oxygen atoms in total. The summed E-state index contributed by atoms with van der Waals surface area (Å²) < 4.78 is 1.80. The lowest BCUT2D eigenvalue weighted by Crippen LogP contribution is -2.40. The Morgan fingerprint density at radius 1 is 1.24 bits per heavy atom. The number of rotatable bonds is 1. The van der Waals surface area contributed by atoms with E-state index in [0.29, 0.717) is 6.04 Å². The summed E-state index contributed by atoms with van der Waals surface area (Å²) in [6, 6.07) is 0.689. The lowest BCUT2D eigenvalue weighted by Gasteiger charge is -2.33. The molecule has 0 unspecified atom stereocenters. The van der Waals surface area contributed by atoms with E-state index in [0.717, 1.165) is 11.4 Å². The molecule has 0 N–H and O–H groups in total. The van der Waals surface area contributed by atoms with Crippen molar-refractivity contribution in [3.8, 4) is 0 Å². The Morgan fingerprint density at radius 2 is 1.71 bits per heavy atom. The van der Waals surface area contributed by atoms with Crippen molar-refractivity contribution in [2.75, 3.05) is 0 Å². The second kappa shape index (κ2) is 4.28. The van der Waals surface area contributed by atoms with E-state index < -0.39 is 6.86 Å². The highest BCUT2D eigenvalue weighted by atomic mass is 35.7. The third-order valence-electron chi connectivity index (χ3n) is 2.90. The molecule has 0 radical (unpaired) electrons. The predicted octanol–water partition coefficient (Wildman–Crippen LogP) is 4.68. The molecule has 0 spiro atoms. The highest BCUT2D eigenvalue weighted by molar-refractivity contribution is 7.45. The van der Waals surface area contributed by atoms with Crippen LogP contribution in [-0.2, 0) is 0 Å². The summed E-state index contributed by atoms with van der Waals surface area (Å²) in [4.78, 5) is 0. The van der Waals surface area contributed by atoms with E-state index in [9.17, 15) is 0 Å². The molecule has 0 aromatic rings. The van der Waals surface area contributed by atoms with E-state index in [4.69, 9.17) is 22.2 Å². The van der Waals surface area contributed by atoms with Crippen molar-refractivity contribution in [2.24, 2.45) is 15.9 Å². The van der Waals surface area contributed by atoms with Crippen molar-refractivity contribution < 1.29 is 0 Å². The molecule has 0 aromatic heterocycles. The zero-order valence-corrected chi connectivity index (χ0v) is 14.1. The lowest BCUT2D eigenvalue weighted by molar-refractivity contribution is 0.385. The monoisotopic (exact) mass is 292 g/mol. The van der Waals surface area contributed by atoms with Gasteiger partial charge in [-0.1, -0.05) is 48.1 Å². The fraction of sp³-hybridized carbons (Fsp3) is 0.750. The van der Waals surface area contributed by atoms with E-state index >= 15 is 0 Å². The zero-order chi connectivity index (χ0) is 13.6. The molecule has 1 aliphatic heterocycles. The molecule has 0 fully saturated rings. The third-order valence-corrected chi connectivity index (χ3v) is 6.41. The van der Waals surface area contributed by atoms with Crippen molar-refractivity contribution in [2.45, 2.75) is 47.6 Å². The van der Waals surface area contributed by atoms with Gasteiger partial charge < -0.3 is 0 Å². The van der Waals surface area contributed by atoms with Gasteiger partial charge in [0, 0.05) is 28.3 Å². The minimum atomic E-state index is -2.54. The van der Waals surface area contributed by atoms with Crippen molar-refractivity contribution in [1.82, 2.24) is 4.67 Å². The Morgan fingerprint density at radius 3 is 2.00 bits per heavy atom.